The van der Waals surface area contributed by atoms with Crippen LogP contribution < -0.4 is 10.6 Å². The van der Waals surface area contributed by atoms with Gasteiger partial charge in [0, 0.05) is 25.2 Å². The monoisotopic (exact) mass is 321 g/mol. The Morgan fingerprint density at radius 2 is 1.90 bits per heavy atom. The highest BCUT2D eigenvalue weighted by Crippen LogP contribution is 2.17. The van der Waals surface area contributed by atoms with Crippen molar-refractivity contribution in [3.05, 3.63) is 29.3 Å². The number of amides is 1. The number of carbonyl (C=O) groups is 1. The van der Waals surface area contributed by atoms with Crippen LogP contribution in [0.4, 0.5) is 5.69 Å². The molecule has 6 heteroatoms. The quantitative estimate of drug-likeness (QED) is 0.845. The molecule has 0 heterocycles. The summed E-state index contributed by atoms with van der Waals surface area (Å²) in [5.74, 6) is 0.0504. The largest absolute Gasteiger partial charge is 0.326 e. The highest BCUT2D eigenvalue weighted by Gasteiger charge is 2.05. The molecule has 0 aliphatic heterocycles. The molecule has 2 N–H and O–H groups in total. The topological polar surface area (TPSA) is 44.4 Å². The van der Waals surface area contributed by atoms with Crippen LogP contribution in [0.25, 0.3) is 0 Å². The molecule has 0 unspecified atom stereocenters. The first kappa shape index (κ1) is 21.5. The minimum absolute atomic E-state index is 0. The Morgan fingerprint density at radius 1 is 1.25 bits per heavy atom. The smallest absolute Gasteiger partial charge is 0.225 e. The Hall–Kier alpha value is -0.810. The summed E-state index contributed by atoms with van der Waals surface area (Å²) in [6.45, 7) is 3.58. The van der Waals surface area contributed by atoms with Crippen molar-refractivity contribution in [2.45, 2.75) is 19.9 Å². The predicted octanol–water partition coefficient (Wildman–Crippen LogP) is 2.45. The van der Waals surface area contributed by atoms with Crippen LogP contribution >= 0.6 is 24.8 Å². The van der Waals surface area contributed by atoms with Gasteiger partial charge in [0.25, 0.3) is 0 Å². The van der Waals surface area contributed by atoms with Crippen LogP contribution in [-0.4, -0.2) is 38.5 Å². The maximum absolute atomic E-state index is 11.7. The van der Waals surface area contributed by atoms with Crippen molar-refractivity contribution in [1.29, 1.82) is 0 Å². The molecular formula is C14H25Cl2N3O. The summed E-state index contributed by atoms with van der Waals surface area (Å²) in [5.41, 5.74) is 3.21. The lowest BCUT2D eigenvalue weighted by Crippen LogP contribution is -2.19. The fourth-order valence-electron chi connectivity index (χ4n) is 1.72. The van der Waals surface area contributed by atoms with Gasteiger partial charge in [-0.25, -0.2) is 0 Å². The molecule has 0 fully saturated rings. The summed E-state index contributed by atoms with van der Waals surface area (Å²) in [4.78, 5) is 13.8. The van der Waals surface area contributed by atoms with Gasteiger partial charge in [-0.15, -0.1) is 24.8 Å². The van der Waals surface area contributed by atoms with Crippen molar-refractivity contribution >= 4 is 36.4 Å². The Bertz CT molecular complexity index is 411. The summed E-state index contributed by atoms with van der Waals surface area (Å²) in [5, 5.41) is 5.93. The Labute approximate surface area is 134 Å². The molecule has 0 radical (unpaired) electrons. The fourth-order valence-corrected chi connectivity index (χ4v) is 1.72. The molecule has 0 saturated carbocycles. The van der Waals surface area contributed by atoms with Gasteiger partial charge in [-0.3, -0.25) is 4.79 Å². The molecule has 0 aliphatic rings. The first-order chi connectivity index (χ1) is 8.52. The molecule has 0 spiro atoms. The number of halogens is 2. The van der Waals surface area contributed by atoms with Crippen LogP contribution in [0.15, 0.2) is 18.2 Å². The predicted molar refractivity (Wildman–Crippen MR) is 90.2 cm³/mol. The lowest BCUT2D eigenvalue weighted by Gasteiger charge is -2.13. The summed E-state index contributed by atoms with van der Waals surface area (Å²) >= 11 is 0. The van der Waals surface area contributed by atoms with Crippen molar-refractivity contribution in [2.75, 3.05) is 33.0 Å². The van der Waals surface area contributed by atoms with E-state index in [1.165, 1.54) is 5.56 Å². The number of aryl methyl sites for hydroxylation is 1. The van der Waals surface area contributed by atoms with Crippen LogP contribution in [0.2, 0.25) is 0 Å². The normalized spacial score (nSPS) is 9.65. The summed E-state index contributed by atoms with van der Waals surface area (Å²) in [6, 6.07) is 6.19. The second kappa shape index (κ2) is 10.9. The zero-order chi connectivity index (χ0) is 13.5. The van der Waals surface area contributed by atoms with Crippen molar-refractivity contribution in [1.82, 2.24) is 10.2 Å². The average molecular weight is 322 g/mol. The maximum Gasteiger partial charge on any atom is 0.225 e. The van der Waals surface area contributed by atoms with E-state index in [2.05, 4.69) is 21.6 Å². The number of hydrogen-bond acceptors (Lipinski definition) is 3. The first-order valence-corrected chi connectivity index (χ1v) is 6.21. The number of nitrogens with one attached hydrogen (secondary N) is 2. The van der Waals surface area contributed by atoms with Crippen molar-refractivity contribution in [3.8, 4) is 0 Å². The van der Waals surface area contributed by atoms with Crippen LogP contribution in [-0.2, 0) is 11.3 Å². The summed E-state index contributed by atoms with van der Waals surface area (Å²) < 4.78 is 0. The Morgan fingerprint density at radius 3 is 2.45 bits per heavy atom. The number of rotatable bonds is 6. The van der Waals surface area contributed by atoms with Crippen molar-refractivity contribution in [2.24, 2.45) is 0 Å². The van der Waals surface area contributed by atoms with E-state index in [9.17, 15) is 4.79 Å². The zero-order valence-corrected chi connectivity index (χ0v) is 14.2. The Kier molecular flexibility index (Phi) is 11.7. The minimum Gasteiger partial charge on any atom is -0.326 e. The molecule has 116 valence electrons. The Balaban J connectivity index is 0. The molecule has 0 aliphatic carbocycles. The van der Waals surface area contributed by atoms with E-state index in [1.807, 2.05) is 40.2 Å². The molecule has 1 aromatic rings. The number of benzene rings is 1. The van der Waals surface area contributed by atoms with Gasteiger partial charge in [0.15, 0.2) is 0 Å². The lowest BCUT2D eigenvalue weighted by molar-refractivity contribution is -0.116. The van der Waals surface area contributed by atoms with E-state index < -0.39 is 0 Å². The lowest BCUT2D eigenvalue weighted by atomic mass is 10.1. The second-order valence-electron chi connectivity index (χ2n) is 4.79. The fraction of sp³-hybridized carbons (Fsp3) is 0.500. The second-order valence-corrected chi connectivity index (χ2v) is 4.79. The van der Waals surface area contributed by atoms with Gasteiger partial charge in [0.1, 0.15) is 0 Å². The molecule has 1 amide bonds. The van der Waals surface area contributed by atoms with E-state index in [0.717, 1.165) is 17.8 Å². The third-order valence-electron chi connectivity index (χ3n) is 2.68. The third kappa shape index (κ3) is 7.70. The minimum atomic E-state index is 0. The third-order valence-corrected chi connectivity index (χ3v) is 2.68. The number of hydrogen-bond donors (Lipinski definition) is 2. The van der Waals surface area contributed by atoms with E-state index >= 15 is 0 Å². The number of nitrogens with zero attached hydrogens (tertiary/aromatic N) is 1. The van der Waals surface area contributed by atoms with Gasteiger partial charge in [-0.2, -0.15) is 0 Å². The van der Waals surface area contributed by atoms with Gasteiger partial charge >= 0.3 is 0 Å². The molecular weight excluding hydrogens is 297 g/mol. The molecule has 1 aromatic carbocycles. The van der Waals surface area contributed by atoms with E-state index in [-0.39, 0.29) is 30.7 Å². The summed E-state index contributed by atoms with van der Waals surface area (Å²) in [7, 11) is 5.91. The highest BCUT2D eigenvalue weighted by atomic mass is 35.5. The highest BCUT2D eigenvalue weighted by molar-refractivity contribution is 5.91. The number of carbonyl (C=O) groups excluding carboxylic acids is 1. The van der Waals surface area contributed by atoms with Crippen molar-refractivity contribution < 1.29 is 4.79 Å². The molecule has 0 bridgehead atoms. The standard InChI is InChI=1S/C14H23N3O.2ClH/c1-11-5-6-12(10-17(3)4)9-13(11)16-14(18)7-8-15-2;;/h5-6,9,15H,7-8,10H2,1-4H3,(H,16,18);2*1H. The van der Waals surface area contributed by atoms with Gasteiger partial charge in [0.05, 0.1) is 0 Å². The van der Waals surface area contributed by atoms with Crippen LogP contribution in [0, 0.1) is 6.92 Å². The molecule has 0 atom stereocenters. The zero-order valence-electron chi connectivity index (χ0n) is 12.5. The van der Waals surface area contributed by atoms with Crippen molar-refractivity contribution in [3.63, 3.8) is 0 Å². The molecule has 20 heavy (non-hydrogen) atoms. The maximum atomic E-state index is 11.7. The van der Waals surface area contributed by atoms with E-state index in [4.69, 9.17) is 0 Å². The SMILES string of the molecule is CNCCC(=O)Nc1cc(CN(C)C)ccc1C.Cl.Cl. The summed E-state index contributed by atoms with van der Waals surface area (Å²) in [6.07, 6.45) is 0.494. The molecule has 0 aromatic heterocycles. The van der Waals surface area contributed by atoms with Crippen LogP contribution in [0.5, 0.6) is 0 Å². The van der Waals surface area contributed by atoms with Gasteiger partial charge in [-0.05, 0) is 45.3 Å². The van der Waals surface area contributed by atoms with Gasteiger partial charge < -0.3 is 15.5 Å². The average Bonchev–Trinajstić information content (AvgIpc) is 2.30. The number of anilines is 1. The molecule has 1 rings (SSSR count). The van der Waals surface area contributed by atoms with Crippen LogP contribution in [0.3, 0.4) is 0 Å². The molecule has 0 saturated heterocycles. The van der Waals surface area contributed by atoms with Gasteiger partial charge in [-0.1, -0.05) is 12.1 Å². The van der Waals surface area contributed by atoms with Crippen LogP contribution in [0.1, 0.15) is 17.5 Å². The van der Waals surface area contributed by atoms with Gasteiger partial charge in [0.2, 0.25) is 5.91 Å². The first-order valence-electron chi connectivity index (χ1n) is 6.21. The molecule has 4 nitrogen and oxygen atoms in total. The van der Waals surface area contributed by atoms with E-state index in [0.29, 0.717) is 13.0 Å². The van der Waals surface area contributed by atoms with E-state index in [1.54, 1.807) is 0 Å².